The molecule has 128 valence electrons. The molecule has 7 heteroatoms. The van der Waals surface area contributed by atoms with Gasteiger partial charge in [0.1, 0.15) is 6.04 Å². The molecule has 2 aromatic carbocycles. The van der Waals surface area contributed by atoms with Gasteiger partial charge in [-0.1, -0.05) is 24.3 Å². The van der Waals surface area contributed by atoms with Crippen molar-refractivity contribution in [2.24, 2.45) is 0 Å². The molecular weight excluding hydrogens is 333 g/mol. The Morgan fingerprint density at radius 1 is 0.920 bits per heavy atom. The van der Waals surface area contributed by atoms with Crippen molar-refractivity contribution in [3.63, 3.8) is 0 Å². The molecule has 0 radical (unpaired) electrons. The SMILES string of the molecule is O=C1[C@@H]2Cc3ccccc3CN2C(=O)N1c1ccc(C(F)(F)F)cc1. The number of benzene rings is 2. The monoisotopic (exact) mass is 346 g/mol. The van der Waals surface area contributed by atoms with E-state index in [1.807, 2.05) is 24.3 Å². The predicted octanol–water partition coefficient (Wildman–Crippen LogP) is 3.60. The number of amides is 3. The molecule has 2 aromatic rings. The van der Waals surface area contributed by atoms with E-state index >= 15 is 0 Å². The number of nitrogens with zero attached hydrogens (tertiary/aromatic N) is 2. The van der Waals surface area contributed by atoms with Gasteiger partial charge in [0.15, 0.2) is 0 Å². The van der Waals surface area contributed by atoms with Crippen LogP contribution in [0.2, 0.25) is 0 Å². The maximum atomic E-state index is 12.7. The minimum atomic E-state index is -4.46. The molecule has 0 spiro atoms. The van der Waals surface area contributed by atoms with Crippen LogP contribution in [0.5, 0.6) is 0 Å². The van der Waals surface area contributed by atoms with Gasteiger partial charge in [0.05, 0.1) is 11.3 Å². The van der Waals surface area contributed by atoms with Crippen molar-refractivity contribution in [2.45, 2.75) is 25.2 Å². The molecule has 25 heavy (non-hydrogen) atoms. The highest BCUT2D eigenvalue weighted by Gasteiger charge is 2.47. The normalized spacial score (nSPS) is 19.9. The Morgan fingerprint density at radius 2 is 1.56 bits per heavy atom. The van der Waals surface area contributed by atoms with Gasteiger partial charge in [0.2, 0.25) is 0 Å². The summed E-state index contributed by atoms with van der Waals surface area (Å²) >= 11 is 0. The van der Waals surface area contributed by atoms with Crippen molar-refractivity contribution >= 4 is 17.6 Å². The van der Waals surface area contributed by atoms with Gasteiger partial charge in [-0.25, -0.2) is 9.69 Å². The average molecular weight is 346 g/mol. The lowest BCUT2D eigenvalue weighted by Gasteiger charge is -2.28. The fraction of sp³-hybridized carbons (Fsp3) is 0.222. The molecular formula is C18H13F3N2O2. The van der Waals surface area contributed by atoms with Crippen LogP contribution < -0.4 is 4.90 Å². The van der Waals surface area contributed by atoms with Crippen molar-refractivity contribution in [3.8, 4) is 0 Å². The second-order valence-corrected chi connectivity index (χ2v) is 6.12. The smallest absolute Gasteiger partial charge is 0.307 e. The number of alkyl halides is 3. The molecule has 0 bridgehead atoms. The predicted molar refractivity (Wildman–Crippen MR) is 83.8 cm³/mol. The zero-order valence-electron chi connectivity index (χ0n) is 13.0. The third kappa shape index (κ3) is 2.47. The van der Waals surface area contributed by atoms with E-state index < -0.39 is 29.7 Å². The molecule has 2 heterocycles. The van der Waals surface area contributed by atoms with Crippen LogP contribution in [-0.4, -0.2) is 22.9 Å². The molecule has 0 aromatic heterocycles. The van der Waals surface area contributed by atoms with Crippen molar-refractivity contribution in [3.05, 3.63) is 65.2 Å². The van der Waals surface area contributed by atoms with Crippen LogP contribution in [-0.2, 0) is 23.9 Å². The molecule has 0 aliphatic carbocycles. The van der Waals surface area contributed by atoms with Crippen molar-refractivity contribution < 1.29 is 22.8 Å². The van der Waals surface area contributed by atoms with Gasteiger partial charge in [-0.05, 0) is 35.4 Å². The average Bonchev–Trinajstić information content (AvgIpc) is 2.83. The van der Waals surface area contributed by atoms with Crippen LogP contribution in [0, 0.1) is 0 Å². The summed E-state index contributed by atoms with van der Waals surface area (Å²) in [6.07, 6.45) is -4.05. The topological polar surface area (TPSA) is 40.6 Å². The first-order valence-corrected chi connectivity index (χ1v) is 7.75. The van der Waals surface area contributed by atoms with Crippen LogP contribution in [0.3, 0.4) is 0 Å². The summed E-state index contributed by atoms with van der Waals surface area (Å²) in [6, 6.07) is 10.5. The Balaban J connectivity index is 1.65. The van der Waals surface area contributed by atoms with E-state index in [0.717, 1.165) is 40.3 Å². The number of carbonyl (C=O) groups excluding carboxylic acids is 2. The molecule has 4 rings (SSSR count). The number of imide groups is 1. The number of carbonyl (C=O) groups is 2. The number of hydrogen-bond donors (Lipinski definition) is 0. The lowest BCUT2D eigenvalue weighted by atomic mass is 9.95. The molecule has 1 fully saturated rings. The molecule has 0 unspecified atom stereocenters. The number of fused-ring (bicyclic) bond motifs is 2. The fourth-order valence-corrected chi connectivity index (χ4v) is 3.35. The van der Waals surface area contributed by atoms with Crippen molar-refractivity contribution in [2.75, 3.05) is 4.90 Å². The van der Waals surface area contributed by atoms with Crippen LogP contribution >= 0.6 is 0 Å². The van der Waals surface area contributed by atoms with E-state index in [-0.39, 0.29) is 5.69 Å². The Bertz CT molecular complexity index is 818. The summed E-state index contributed by atoms with van der Waals surface area (Å²) in [5.41, 5.74) is 1.33. The number of urea groups is 1. The summed E-state index contributed by atoms with van der Waals surface area (Å²) in [6.45, 7) is 0.322. The number of anilines is 1. The molecule has 1 atom stereocenters. The van der Waals surface area contributed by atoms with E-state index in [0.29, 0.717) is 13.0 Å². The molecule has 2 aliphatic rings. The molecule has 2 aliphatic heterocycles. The van der Waals surface area contributed by atoms with Crippen LogP contribution in [0.25, 0.3) is 0 Å². The van der Waals surface area contributed by atoms with E-state index in [1.165, 1.54) is 4.90 Å². The van der Waals surface area contributed by atoms with Gasteiger partial charge in [-0.15, -0.1) is 0 Å². The van der Waals surface area contributed by atoms with Gasteiger partial charge >= 0.3 is 12.2 Å². The maximum absolute atomic E-state index is 12.7. The first kappa shape index (κ1) is 15.7. The number of rotatable bonds is 1. The Hall–Kier alpha value is -2.83. The summed E-state index contributed by atoms with van der Waals surface area (Å²) in [5, 5.41) is 0. The summed E-state index contributed by atoms with van der Waals surface area (Å²) in [7, 11) is 0. The standard InChI is InChI=1S/C18H13F3N2O2/c19-18(20,21)13-5-7-14(8-6-13)23-16(24)15-9-11-3-1-2-4-12(11)10-22(15)17(23)25/h1-8,15H,9-10H2/t15-/m0/s1. The Morgan fingerprint density at radius 3 is 2.20 bits per heavy atom. The van der Waals surface area contributed by atoms with Crippen molar-refractivity contribution in [1.82, 2.24) is 4.90 Å². The first-order chi connectivity index (χ1) is 11.9. The second-order valence-electron chi connectivity index (χ2n) is 6.12. The van der Waals surface area contributed by atoms with Crippen molar-refractivity contribution in [1.29, 1.82) is 0 Å². The fourth-order valence-electron chi connectivity index (χ4n) is 3.35. The van der Waals surface area contributed by atoms with Gasteiger partial charge < -0.3 is 4.90 Å². The summed E-state index contributed by atoms with van der Waals surface area (Å²) in [4.78, 5) is 27.8. The number of halogens is 3. The first-order valence-electron chi connectivity index (χ1n) is 7.75. The lowest BCUT2D eigenvalue weighted by molar-refractivity contribution is -0.137. The summed E-state index contributed by atoms with van der Waals surface area (Å²) in [5.74, 6) is -0.403. The minimum Gasteiger partial charge on any atom is -0.307 e. The highest BCUT2D eigenvalue weighted by atomic mass is 19.4. The zero-order chi connectivity index (χ0) is 17.8. The third-order valence-electron chi connectivity index (χ3n) is 4.64. The van der Waals surface area contributed by atoms with Gasteiger partial charge in [0, 0.05) is 13.0 Å². The van der Waals surface area contributed by atoms with E-state index in [1.54, 1.807) is 0 Å². The second kappa shape index (κ2) is 5.34. The van der Waals surface area contributed by atoms with Gasteiger partial charge in [0.25, 0.3) is 5.91 Å². The van der Waals surface area contributed by atoms with E-state index in [9.17, 15) is 22.8 Å². The highest BCUT2D eigenvalue weighted by Crippen LogP contribution is 2.35. The number of hydrogen-bond acceptors (Lipinski definition) is 2. The third-order valence-corrected chi connectivity index (χ3v) is 4.64. The van der Waals surface area contributed by atoms with Gasteiger partial charge in [-0.3, -0.25) is 4.79 Å². The minimum absolute atomic E-state index is 0.154. The van der Waals surface area contributed by atoms with Crippen LogP contribution in [0.4, 0.5) is 23.7 Å². The molecule has 0 saturated carbocycles. The molecule has 0 N–H and O–H groups in total. The summed E-state index contributed by atoms with van der Waals surface area (Å²) < 4.78 is 38.1. The molecule has 3 amide bonds. The quantitative estimate of drug-likeness (QED) is 0.741. The Kier molecular flexibility index (Phi) is 3.35. The maximum Gasteiger partial charge on any atom is 0.416 e. The van der Waals surface area contributed by atoms with E-state index in [2.05, 4.69) is 0 Å². The van der Waals surface area contributed by atoms with Crippen LogP contribution in [0.1, 0.15) is 16.7 Å². The lowest BCUT2D eigenvalue weighted by Crippen LogP contribution is -2.39. The Labute approximate surface area is 141 Å². The highest BCUT2D eigenvalue weighted by molar-refractivity contribution is 6.21. The van der Waals surface area contributed by atoms with Gasteiger partial charge in [-0.2, -0.15) is 13.2 Å². The molecule has 4 nitrogen and oxygen atoms in total. The zero-order valence-corrected chi connectivity index (χ0v) is 13.0. The van der Waals surface area contributed by atoms with E-state index in [4.69, 9.17) is 0 Å². The van der Waals surface area contributed by atoms with Crippen LogP contribution in [0.15, 0.2) is 48.5 Å². The molecule has 1 saturated heterocycles. The largest absolute Gasteiger partial charge is 0.416 e.